The number of hydrogen-bond acceptors (Lipinski definition) is 5. The zero-order chi connectivity index (χ0) is 13.1. The number of nitrogens with zero attached hydrogens (tertiary/aromatic N) is 3. The molecule has 0 radical (unpaired) electrons. The number of aliphatic hydroxyl groups excluding tert-OH is 1. The van der Waals surface area contributed by atoms with Gasteiger partial charge in [-0.3, -0.25) is 4.90 Å². The van der Waals surface area contributed by atoms with Crippen LogP contribution >= 0.6 is 11.3 Å². The Morgan fingerprint density at radius 3 is 2.94 bits per heavy atom. The average molecular weight is 269 g/mol. The van der Waals surface area contributed by atoms with Crippen molar-refractivity contribution in [2.45, 2.75) is 31.9 Å². The Morgan fingerprint density at radius 2 is 2.28 bits per heavy atom. The fourth-order valence-electron chi connectivity index (χ4n) is 2.57. The van der Waals surface area contributed by atoms with E-state index in [1.807, 2.05) is 6.92 Å². The SMILES string of the molecule is Cc1nc(CC(O)C2CN(C)CCCN2C)cs1. The van der Waals surface area contributed by atoms with Crippen molar-refractivity contribution in [2.24, 2.45) is 0 Å². The predicted octanol–water partition coefficient (Wildman–Crippen LogP) is 0.991. The van der Waals surface area contributed by atoms with Gasteiger partial charge in [-0.25, -0.2) is 4.98 Å². The summed E-state index contributed by atoms with van der Waals surface area (Å²) in [7, 11) is 4.24. The Bertz CT molecular complexity index is 382. The molecule has 1 saturated heterocycles. The lowest BCUT2D eigenvalue weighted by atomic mass is 10.1. The zero-order valence-electron chi connectivity index (χ0n) is 11.5. The van der Waals surface area contributed by atoms with Gasteiger partial charge in [0.05, 0.1) is 16.8 Å². The van der Waals surface area contributed by atoms with E-state index in [1.165, 1.54) is 6.42 Å². The molecule has 102 valence electrons. The predicted molar refractivity (Wildman–Crippen MR) is 75.1 cm³/mol. The first-order valence-corrected chi connectivity index (χ1v) is 7.42. The number of hydrogen-bond donors (Lipinski definition) is 1. The van der Waals surface area contributed by atoms with E-state index in [0.717, 1.165) is 30.3 Å². The van der Waals surface area contributed by atoms with E-state index in [4.69, 9.17) is 0 Å². The topological polar surface area (TPSA) is 39.6 Å². The molecule has 1 N–H and O–H groups in total. The Balaban J connectivity index is 1.99. The van der Waals surface area contributed by atoms with E-state index in [0.29, 0.717) is 6.42 Å². The van der Waals surface area contributed by atoms with Crippen LogP contribution < -0.4 is 0 Å². The first-order chi connectivity index (χ1) is 8.56. The Kier molecular flexibility index (Phi) is 4.72. The highest BCUT2D eigenvalue weighted by atomic mass is 32.1. The third kappa shape index (κ3) is 3.51. The molecular formula is C13H23N3OS. The van der Waals surface area contributed by atoms with Gasteiger partial charge in [0.1, 0.15) is 0 Å². The maximum atomic E-state index is 10.4. The molecule has 2 atom stereocenters. The molecule has 0 bridgehead atoms. The summed E-state index contributed by atoms with van der Waals surface area (Å²) in [4.78, 5) is 9.03. The van der Waals surface area contributed by atoms with Crippen LogP contribution in [0.3, 0.4) is 0 Å². The molecule has 2 rings (SSSR count). The van der Waals surface area contributed by atoms with Gasteiger partial charge in [0.2, 0.25) is 0 Å². The van der Waals surface area contributed by atoms with Crippen molar-refractivity contribution < 1.29 is 5.11 Å². The van der Waals surface area contributed by atoms with Crippen molar-refractivity contribution >= 4 is 11.3 Å². The smallest absolute Gasteiger partial charge is 0.0897 e. The van der Waals surface area contributed by atoms with Gasteiger partial charge in [-0.2, -0.15) is 0 Å². The highest BCUT2D eigenvalue weighted by Crippen LogP contribution is 2.16. The summed E-state index contributed by atoms with van der Waals surface area (Å²) in [6, 6.07) is 0.208. The van der Waals surface area contributed by atoms with Crippen molar-refractivity contribution in [3.63, 3.8) is 0 Å². The van der Waals surface area contributed by atoms with Crippen molar-refractivity contribution in [3.05, 3.63) is 16.1 Å². The molecule has 0 aromatic carbocycles. The number of aryl methyl sites for hydroxylation is 1. The van der Waals surface area contributed by atoms with Crippen LogP contribution in [0.2, 0.25) is 0 Å². The van der Waals surface area contributed by atoms with Crippen LogP contribution in [0.25, 0.3) is 0 Å². The van der Waals surface area contributed by atoms with Crippen molar-refractivity contribution in [3.8, 4) is 0 Å². The van der Waals surface area contributed by atoms with Gasteiger partial charge in [0.15, 0.2) is 0 Å². The monoisotopic (exact) mass is 269 g/mol. The summed E-state index contributed by atoms with van der Waals surface area (Å²) < 4.78 is 0. The molecule has 1 fully saturated rings. The van der Waals surface area contributed by atoms with Gasteiger partial charge in [-0.05, 0) is 40.5 Å². The summed E-state index contributed by atoms with van der Waals surface area (Å²) in [5.74, 6) is 0. The molecule has 0 amide bonds. The number of aliphatic hydroxyl groups is 1. The quantitative estimate of drug-likeness (QED) is 0.888. The molecule has 5 heteroatoms. The van der Waals surface area contributed by atoms with Crippen LogP contribution in [0.4, 0.5) is 0 Å². The minimum Gasteiger partial charge on any atom is -0.391 e. The number of aromatic nitrogens is 1. The van der Waals surface area contributed by atoms with Gasteiger partial charge in [0, 0.05) is 24.4 Å². The molecular weight excluding hydrogens is 246 g/mol. The molecule has 4 nitrogen and oxygen atoms in total. The van der Waals surface area contributed by atoms with E-state index in [2.05, 4.69) is 34.3 Å². The van der Waals surface area contributed by atoms with Crippen LogP contribution in [-0.2, 0) is 6.42 Å². The summed E-state index contributed by atoms with van der Waals surface area (Å²) in [6.45, 7) is 5.11. The molecule has 0 spiro atoms. The van der Waals surface area contributed by atoms with Crippen LogP contribution in [0.5, 0.6) is 0 Å². The third-order valence-corrected chi connectivity index (χ3v) is 4.47. The Labute approximate surface area is 113 Å². The van der Waals surface area contributed by atoms with Gasteiger partial charge < -0.3 is 10.0 Å². The lowest BCUT2D eigenvalue weighted by Crippen LogP contribution is -2.47. The molecule has 18 heavy (non-hydrogen) atoms. The Morgan fingerprint density at radius 1 is 1.50 bits per heavy atom. The molecule has 1 aromatic rings. The van der Waals surface area contributed by atoms with Crippen LogP contribution in [0.1, 0.15) is 17.1 Å². The molecule has 2 heterocycles. The van der Waals surface area contributed by atoms with Crippen LogP contribution in [-0.4, -0.2) is 65.8 Å². The fraction of sp³-hybridized carbons (Fsp3) is 0.769. The fourth-order valence-corrected chi connectivity index (χ4v) is 3.20. The molecule has 1 aromatic heterocycles. The van der Waals surface area contributed by atoms with Gasteiger partial charge in [-0.15, -0.1) is 11.3 Å². The van der Waals surface area contributed by atoms with E-state index in [1.54, 1.807) is 11.3 Å². The number of rotatable bonds is 3. The maximum Gasteiger partial charge on any atom is 0.0897 e. The van der Waals surface area contributed by atoms with Crippen molar-refractivity contribution in [1.82, 2.24) is 14.8 Å². The summed E-state index contributed by atoms with van der Waals surface area (Å²) in [5, 5.41) is 13.6. The first-order valence-electron chi connectivity index (χ1n) is 6.54. The normalized spacial score (nSPS) is 25.0. The minimum atomic E-state index is -0.336. The van der Waals surface area contributed by atoms with E-state index in [-0.39, 0.29) is 12.1 Å². The second-order valence-electron chi connectivity index (χ2n) is 5.29. The zero-order valence-corrected chi connectivity index (χ0v) is 12.3. The molecule has 0 saturated carbocycles. The molecule has 0 aliphatic carbocycles. The number of thiazole rings is 1. The average Bonchev–Trinajstić information content (AvgIpc) is 2.62. The lowest BCUT2D eigenvalue weighted by molar-refractivity contribution is 0.0575. The summed E-state index contributed by atoms with van der Waals surface area (Å²) in [5.41, 5.74) is 1.02. The van der Waals surface area contributed by atoms with Gasteiger partial charge >= 0.3 is 0 Å². The maximum absolute atomic E-state index is 10.4. The van der Waals surface area contributed by atoms with E-state index in [9.17, 15) is 5.11 Å². The van der Waals surface area contributed by atoms with Gasteiger partial charge in [0.25, 0.3) is 0 Å². The highest BCUT2D eigenvalue weighted by molar-refractivity contribution is 7.09. The second kappa shape index (κ2) is 6.10. The van der Waals surface area contributed by atoms with Crippen LogP contribution in [0.15, 0.2) is 5.38 Å². The van der Waals surface area contributed by atoms with E-state index >= 15 is 0 Å². The van der Waals surface area contributed by atoms with E-state index < -0.39 is 0 Å². The van der Waals surface area contributed by atoms with Crippen molar-refractivity contribution in [2.75, 3.05) is 33.7 Å². The first kappa shape index (κ1) is 13.9. The summed E-state index contributed by atoms with van der Waals surface area (Å²) >= 11 is 1.65. The minimum absolute atomic E-state index is 0.208. The second-order valence-corrected chi connectivity index (χ2v) is 6.36. The highest BCUT2D eigenvalue weighted by Gasteiger charge is 2.27. The largest absolute Gasteiger partial charge is 0.391 e. The lowest BCUT2D eigenvalue weighted by Gasteiger charge is -2.31. The standard InChI is InChI=1S/C13H23N3OS/c1-10-14-11(9-18-10)7-13(17)12-8-15(2)5-4-6-16(12)3/h9,12-13,17H,4-8H2,1-3H3. The van der Waals surface area contributed by atoms with Gasteiger partial charge in [-0.1, -0.05) is 0 Å². The van der Waals surface area contributed by atoms with Crippen LogP contribution in [0, 0.1) is 6.92 Å². The molecule has 2 unspecified atom stereocenters. The van der Waals surface area contributed by atoms with Crippen molar-refractivity contribution in [1.29, 1.82) is 0 Å². The Hall–Kier alpha value is -0.490. The summed E-state index contributed by atoms with van der Waals surface area (Å²) in [6.07, 6.45) is 1.50. The molecule has 1 aliphatic heterocycles. The number of likely N-dealkylation sites (N-methyl/N-ethyl adjacent to an activating group) is 2. The molecule has 1 aliphatic rings. The third-order valence-electron chi connectivity index (χ3n) is 3.64.